The zero-order chi connectivity index (χ0) is 15.2. The molecule has 1 saturated heterocycles. The number of aromatic nitrogens is 1. The second kappa shape index (κ2) is 7.76. The minimum Gasteiger partial charge on any atom is -0.496 e. The second-order valence-corrected chi connectivity index (χ2v) is 5.86. The Balaban J connectivity index is 2.15. The van der Waals surface area contributed by atoms with Crippen molar-refractivity contribution in [3.8, 4) is 5.75 Å². The maximum absolute atomic E-state index is 5.88. The van der Waals surface area contributed by atoms with Crippen LogP contribution in [0.15, 0.2) is 6.20 Å². The predicted molar refractivity (Wildman–Crippen MR) is 85.0 cm³/mol. The first-order valence-corrected chi connectivity index (χ1v) is 8.01. The molecule has 0 aromatic carbocycles. The van der Waals surface area contributed by atoms with Gasteiger partial charge in [0, 0.05) is 42.1 Å². The lowest BCUT2D eigenvalue weighted by Crippen LogP contribution is -2.42. The van der Waals surface area contributed by atoms with Crippen LogP contribution in [-0.2, 0) is 11.2 Å². The van der Waals surface area contributed by atoms with Gasteiger partial charge in [-0.15, -0.1) is 0 Å². The lowest BCUT2D eigenvalue weighted by atomic mass is 9.99. The summed E-state index contributed by atoms with van der Waals surface area (Å²) in [5.41, 5.74) is 3.36. The van der Waals surface area contributed by atoms with Crippen molar-refractivity contribution in [2.45, 2.75) is 58.6 Å². The fourth-order valence-corrected chi connectivity index (χ4v) is 3.07. The smallest absolute Gasteiger partial charge is 0.128 e. The Labute approximate surface area is 128 Å². The molecule has 4 heteroatoms. The monoisotopic (exact) mass is 292 g/mol. The van der Waals surface area contributed by atoms with E-state index in [1.54, 1.807) is 7.11 Å². The Bertz CT molecular complexity index is 456. The first-order valence-electron chi connectivity index (χ1n) is 8.01. The van der Waals surface area contributed by atoms with Crippen molar-refractivity contribution in [2.24, 2.45) is 0 Å². The van der Waals surface area contributed by atoms with Crippen molar-refractivity contribution in [3.63, 3.8) is 0 Å². The van der Waals surface area contributed by atoms with Gasteiger partial charge in [-0.3, -0.25) is 4.98 Å². The molecule has 0 bridgehead atoms. The van der Waals surface area contributed by atoms with E-state index >= 15 is 0 Å². The van der Waals surface area contributed by atoms with Crippen molar-refractivity contribution >= 4 is 0 Å². The number of methoxy groups -OCH3 is 1. The third-order valence-corrected chi connectivity index (χ3v) is 4.23. The molecule has 21 heavy (non-hydrogen) atoms. The highest BCUT2D eigenvalue weighted by Crippen LogP contribution is 2.26. The summed E-state index contributed by atoms with van der Waals surface area (Å²) in [6, 6.07) is 0.339. The third-order valence-electron chi connectivity index (χ3n) is 4.23. The molecule has 1 aromatic rings. The van der Waals surface area contributed by atoms with Gasteiger partial charge >= 0.3 is 0 Å². The predicted octanol–water partition coefficient (Wildman–Crippen LogP) is 2.80. The van der Waals surface area contributed by atoms with Crippen molar-refractivity contribution in [1.82, 2.24) is 10.3 Å². The fourth-order valence-electron chi connectivity index (χ4n) is 3.07. The van der Waals surface area contributed by atoms with Crippen molar-refractivity contribution in [2.75, 3.05) is 20.3 Å². The van der Waals surface area contributed by atoms with Gasteiger partial charge in [0.2, 0.25) is 0 Å². The Hall–Kier alpha value is -1.13. The van der Waals surface area contributed by atoms with Crippen LogP contribution in [0.4, 0.5) is 0 Å². The van der Waals surface area contributed by atoms with Crippen LogP contribution in [0.5, 0.6) is 5.75 Å². The van der Waals surface area contributed by atoms with Gasteiger partial charge < -0.3 is 14.8 Å². The molecule has 2 heterocycles. The van der Waals surface area contributed by atoms with Gasteiger partial charge in [-0.05, 0) is 39.7 Å². The average molecular weight is 292 g/mol. The molecule has 0 aliphatic carbocycles. The van der Waals surface area contributed by atoms with E-state index in [-0.39, 0.29) is 0 Å². The molecule has 0 spiro atoms. The Morgan fingerprint density at radius 3 is 2.90 bits per heavy atom. The molecular weight excluding hydrogens is 264 g/mol. The van der Waals surface area contributed by atoms with Gasteiger partial charge in [0.1, 0.15) is 5.75 Å². The average Bonchev–Trinajstić information content (AvgIpc) is 3.00. The minimum atomic E-state index is 0.310. The van der Waals surface area contributed by atoms with Crippen molar-refractivity contribution in [3.05, 3.63) is 23.0 Å². The molecule has 4 nitrogen and oxygen atoms in total. The molecule has 0 amide bonds. The van der Waals surface area contributed by atoms with Gasteiger partial charge in [-0.2, -0.15) is 0 Å². The van der Waals surface area contributed by atoms with Gasteiger partial charge in [-0.1, -0.05) is 6.92 Å². The molecule has 0 saturated carbocycles. The van der Waals surface area contributed by atoms with E-state index in [2.05, 4.69) is 24.1 Å². The van der Waals surface area contributed by atoms with E-state index in [9.17, 15) is 0 Å². The summed E-state index contributed by atoms with van der Waals surface area (Å²) < 4.78 is 11.4. The number of aryl methyl sites for hydroxylation is 1. The lowest BCUT2D eigenvalue weighted by Gasteiger charge is -2.25. The Morgan fingerprint density at radius 1 is 1.48 bits per heavy atom. The highest BCUT2D eigenvalue weighted by atomic mass is 16.5. The Kier molecular flexibility index (Phi) is 6.00. The van der Waals surface area contributed by atoms with Crippen LogP contribution in [0.1, 0.15) is 43.0 Å². The summed E-state index contributed by atoms with van der Waals surface area (Å²) in [6.07, 6.45) is 6.56. The molecule has 2 unspecified atom stereocenters. The molecule has 118 valence electrons. The molecule has 1 N–H and O–H groups in total. The maximum atomic E-state index is 5.88. The first-order chi connectivity index (χ1) is 10.2. The molecule has 1 aliphatic rings. The molecule has 1 aliphatic heterocycles. The van der Waals surface area contributed by atoms with Crippen molar-refractivity contribution < 1.29 is 9.47 Å². The second-order valence-electron chi connectivity index (χ2n) is 5.86. The topological polar surface area (TPSA) is 43.4 Å². The number of hydrogen-bond acceptors (Lipinski definition) is 4. The van der Waals surface area contributed by atoms with Crippen LogP contribution >= 0.6 is 0 Å². The van der Waals surface area contributed by atoms with Crippen LogP contribution in [0, 0.1) is 13.8 Å². The SMILES string of the molecule is CCCNC(Cc1ncc(C)c(OC)c1C)C1CCCO1. The number of nitrogens with zero attached hydrogens (tertiary/aromatic N) is 1. The molecular formula is C17H28N2O2. The van der Waals surface area contributed by atoms with Crippen LogP contribution in [0.2, 0.25) is 0 Å². The standard InChI is InChI=1S/C17H28N2O2/c1-5-8-18-15(16-7-6-9-21-16)10-14-13(3)17(20-4)12(2)11-19-14/h11,15-16,18H,5-10H2,1-4H3. The van der Waals surface area contributed by atoms with E-state index in [1.165, 1.54) is 6.42 Å². The van der Waals surface area contributed by atoms with Gasteiger partial charge in [0.25, 0.3) is 0 Å². The van der Waals surface area contributed by atoms with E-state index in [4.69, 9.17) is 9.47 Å². The summed E-state index contributed by atoms with van der Waals surface area (Å²) in [5, 5.41) is 3.63. The zero-order valence-corrected chi connectivity index (χ0v) is 13.7. The summed E-state index contributed by atoms with van der Waals surface area (Å²) in [6.45, 7) is 8.24. The van der Waals surface area contributed by atoms with E-state index in [1.807, 2.05) is 13.1 Å². The summed E-state index contributed by atoms with van der Waals surface area (Å²) in [7, 11) is 1.73. The lowest BCUT2D eigenvalue weighted by molar-refractivity contribution is 0.0780. The number of nitrogens with one attached hydrogen (secondary N) is 1. The van der Waals surface area contributed by atoms with Crippen LogP contribution in [0.25, 0.3) is 0 Å². The normalized spacial score (nSPS) is 19.7. The molecule has 1 fully saturated rings. The van der Waals surface area contributed by atoms with E-state index in [0.717, 1.165) is 55.0 Å². The highest BCUT2D eigenvalue weighted by Gasteiger charge is 2.27. The summed E-state index contributed by atoms with van der Waals surface area (Å²) >= 11 is 0. The molecule has 1 aromatic heterocycles. The first kappa shape index (κ1) is 16.2. The van der Waals surface area contributed by atoms with Crippen molar-refractivity contribution in [1.29, 1.82) is 0 Å². The highest BCUT2D eigenvalue weighted by molar-refractivity contribution is 5.41. The van der Waals surface area contributed by atoms with Gasteiger partial charge in [-0.25, -0.2) is 0 Å². The molecule has 2 atom stereocenters. The largest absolute Gasteiger partial charge is 0.496 e. The van der Waals surface area contributed by atoms with E-state index < -0.39 is 0 Å². The summed E-state index contributed by atoms with van der Waals surface area (Å²) in [5.74, 6) is 0.960. The molecule has 0 radical (unpaired) electrons. The maximum Gasteiger partial charge on any atom is 0.128 e. The van der Waals surface area contributed by atoms with Gasteiger partial charge in [0.05, 0.1) is 13.2 Å². The van der Waals surface area contributed by atoms with Gasteiger partial charge in [0.15, 0.2) is 0 Å². The fraction of sp³-hybridized carbons (Fsp3) is 0.706. The molecule has 2 rings (SSSR count). The van der Waals surface area contributed by atoms with Crippen LogP contribution in [0.3, 0.4) is 0 Å². The zero-order valence-electron chi connectivity index (χ0n) is 13.7. The Morgan fingerprint density at radius 2 is 2.29 bits per heavy atom. The number of rotatable bonds is 7. The van der Waals surface area contributed by atoms with Crippen LogP contribution < -0.4 is 10.1 Å². The number of ether oxygens (including phenoxy) is 2. The van der Waals surface area contributed by atoms with E-state index in [0.29, 0.717) is 12.1 Å². The minimum absolute atomic E-state index is 0.310. The third kappa shape index (κ3) is 3.95. The summed E-state index contributed by atoms with van der Waals surface area (Å²) in [4.78, 5) is 4.63. The van der Waals surface area contributed by atoms with Crippen LogP contribution in [-0.4, -0.2) is 37.4 Å². The number of hydrogen-bond donors (Lipinski definition) is 1. The quantitative estimate of drug-likeness (QED) is 0.839. The number of pyridine rings is 1.